The first-order chi connectivity index (χ1) is 11.0. The number of aromatic nitrogens is 4. The summed E-state index contributed by atoms with van der Waals surface area (Å²) in [5.74, 6) is 2.45. The molecule has 120 valence electrons. The maximum absolute atomic E-state index is 5.15. The number of aryl methyl sites for hydroxylation is 1. The third-order valence-corrected chi connectivity index (χ3v) is 4.57. The van der Waals surface area contributed by atoms with Crippen LogP contribution in [0.15, 0.2) is 28.2 Å². The maximum atomic E-state index is 5.15. The highest BCUT2D eigenvalue weighted by molar-refractivity contribution is 7.09. The zero-order valence-electron chi connectivity index (χ0n) is 13.6. The summed E-state index contributed by atoms with van der Waals surface area (Å²) in [5, 5.41) is 7.07. The quantitative estimate of drug-likeness (QED) is 0.711. The average molecular weight is 329 g/mol. The van der Waals surface area contributed by atoms with Crippen LogP contribution in [0.25, 0.3) is 11.5 Å². The first-order valence-electron chi connectivity index (χ1n) is 7.45. The van der Waals surface area contributed by atoms with Gasteiger partial charge in [0.05, 0.1) is 22.8 Å². The second-order valence-corrected chi connectivity index (χ2v) is 6.63. The summed E-state index contributed by atoms with van der Waals surface area (Å²) in [6.07, 6.45) is 1.75. The lowest BCUT2D eigenvalue weighted by molar-refractivity contribution is 0.425. The van der Waals surface area contributed by atoms with Crippen LogP contribution in [0.2, 0.25) is 0 Å². The van der Waals surface area contributed by atoms with Gasteiger partial charge in [0.25, 0.3) is 5.89 Å². The van der Waals surface area contributed by atoms with Gasteiger partial charge in [0.2, 0.25) is 0 Å². The molecule has 0 N–H and O–H groups in total. The molecule has 0 saturated heterocycles. The molecule has 0 saturated carbocycles. The van der Waals surface area contributed by atoms with E-state index in [2.05, 4.69) is 44.2 Å². The summed E-state index contributed by atoms with van der Waals surface area (Å²) in [7, 11) is 2.01. The Hall–Kier alpha value is -2.28. The highest BCUT2D eigenvalue weighted by Gasteiger charge is 2.11. The number of hydrogen-bond acceptors (Lipinski definition) is 7. The predicted molar refractivity (Wildman–Crippen MR) is 90.6 cm³/mol. The Morgan fingerprint density at radius 2 is 2.09 bits per heavy atom. The van der Waals surface area contributed by atoms with Gasteiger partial charge in [-0.3, -0.25) is 0 Å². The van der Waals surface area contributed by atoms with E-state index in [1.807, 2.05) is 19.2 Å². The van der Waals surface area contributed by atoms with E-state index >= 15 is 0 Å². The van der Waals surface area contributed by atoms with Gasteiger partial charge in [0.1, 0.15) is 5.82 Å². The summed E-state index contributed by atoms with van der Waals surface area (Å²) in [4.78, 5) is 15.4. The largest absolute Gasteiger partial charge is 0.354 e. The lowest BCUT2D eigenvalue weighted by atomic mass is 10.2. The van der Waals surface area contributed by atoms with Crippen LogP contribution in [0, 0.1) is 6.92 Å². The highest BCUT2D eigenvalue weighted by atomic mass is 32.1. The first-order valence-corrected chi connectivity index (χ1v) is 8.33. The molecule has 3 aromatic rings. The standard InChI is InChI=1S/C16H19N5OS/c1-10(2)16-19-13(9-23-16)8-21(4)14-6-5-12(7-17-14)15-18-11(3)20-22-15/h5-7,9-10H,8H2,1-4H3. The molecule has 7 heteroatoms. The fourth-order valence-corrected chi connectivity index (χ4v) is 2.96. The number of anilines is 1. The smallest absolute Gasteiger partial charge is 0.259 e. The second-order valence-electron chi connectivity index (χ2n) is 5.74. The number of nitrogens with zero attached hydrogens (tertiary/aromatic N) is 5. The highest BCUT2D eigenvalue weighted by Crippen LogP contribution is 2.22. The summed E-state index contributed by atoms with van der Waals surface area (Å²) in [5.41, 5.74) is 1.89. The minimum Gasteiger partial charge on any atom is -0.354 e. The minimum absolute atomic E-state index is 0.467. The molecule has 0 aliphatic rings. The van der Waals surface area contributed by atoms with Crippen molar-refractivity contribution >= 4 is 17.2 Å². The van der Waals surface area contributed by atoms with E-state index in [9.17, 15) is 0 Å². The number of hydrogen-bond donors (Lipinski definition) is 0. The zero-order valence-corrected chi connectivity index (χ0v) is 14.5. The molecule has 0 fully saturated rings. The minimum atomic E-state index is 0.467. The molecular weight excluding hydrogens is 310 g/mol. The molecule has 6 nitrogen and oxygen atoms in total. The molecule has 0 amide bonds. The lowest BCUT2D eigenvalue weighted by Crippen LogP contribution is -2.17. The Balaban J connectivity index is 1.70. The monoisotopic (exact) mass is 329 g/mol. The fraction of sp³-hybridized carbons (Fsp3) is 0.375. The molecule has 0 atom stereocenters. The Bertz CT molecular complexity index is 778. The summed E-state index contributed by atoms with van der Waals surface area (Å²) >= 11 is 1.71. The number of rotatable bonds is 5. The van der Waals surface area contributed by atoms with Crippen LogP contribution < -0.4 is 4.90 Å². The SMILES string of the molecule is Cc1noc(-c2ccc(N(C)Cc3csc(C(C)C)n3)nc2)n1. The third-order valence-electron chi connectivity index (χ3n) is 3.38. The van der Waals surface area contributed by atoms with E-state index in [1.165, 1.54) is 5.01 Å². The topological polar surface area (TPSA) is 67.9 Å². The Morgan fingerprint density at radius 1 is 1.26 bits per heavy atom. The fourth-order valence-electron chi connectivity index (χ4n) is 2.14. The summed E-state index contributed by atoms with van der Waals surface area (Å²) < 4.78 is 5.15. The van der Waals surface area contributed by atoms with Crippen molar-refractivity contribution in [3.8, 4) is 11.5 Å². The van der Waals surface area contributed by atoms with E-state index in [4.69, 9.17) is 4.52 Å². The van der Waals surface area contributed by atoms with Crippen LogP contribution in [-0.4, -0.2) is 27.2 Å². The second kappa shape index (κ2) is 6.45. The Morgan fingerprint density at radius 3 is 2.65 bits per heavy atom. The van der Waals surface area contributed by atoms with Gasteiger partial charge in [-0.2, -0.15) is 4.98 Å². The van der Waals surface area contributed by atoms with Crippen molar-refractivity contribution in [1.82, 2.24) is 20.1 Å². The van der Waals surface area contributed by atoms with Gasteiger partial charge in [-0.05, 0) is 19.1 Å². The van der Waals surface area contributed by atoms with Crippen LogP contribution in [0.5, 0.6) is 0 Å². The van der Waals surface area contributed by atoms with Crippen LogP contribution in [0.1, 0.15) is 36.3 Å². The molecule has 3 aromatic heterocycles. The molecule has 0 unspecified atom stereocenters. The maximum Gasteiger partial charge on any atom is 0.259 e. The predicted octanol–water partition coefficient (Wildman–Crippen LogP) is 3.66. The Labute approximate surface area is 139 Å². The van der Waals surface area contributed by atoms with Gasteiger partial charge in [0, 0.05) is 24.5 Å². The molecule has 0 aromatic carbocycles. The van der Waals surface area contributed by atoms with Gasteiger partial charge in [-0.1, -0.05) is 19.0 Å². The molecule has 0 spiro atoms. The van der Waals surface area contributed by atoms with Crippen LogP contribution in [0.3, 0.4) is 0 Å². The molecule has 0 aliphatic heterocycles. The van der Waals surface area contributed by atoms with Gasteiger partial charge < -0.3 is 9.42 Å². The molecular formula is C16H19N5OS. The van der Waals surface area contributed by atoms with E-state index in [1.54, 1.807) is 24.5 Å². The molecule has 23 heavy (non-hydrogen) atoms. The molecule has 0 bridgehead atoms. The van der Waals surface area contributed by atoms with E-state index in [0.717, 1.165) is 23.6 Å². The first kappa shape index (κ1) is 15.6. The van der Waals surface area contributed by atoms with Crippen molar-refractivity contribution in [1.29, 1.82) is 0 Å². The summed E-state index contributed by atoms with van der Waals surface area (Å²) in [6, 6.07) is 3.89. The van der Waals surface area contributed by atoms with Crippen molar-refractivity contribution in [2.75, 3.05) is 11.9 Å². The normalized spacial score (nSPS) is 11.2. The van der Waals surface area contributed by atoms with E-state index < -0.39 is 0 Å². The van der Waals surface area contributed by atoms with Crippen LogP contribution >= 0.6 is 11.3 Å². The third kappa shape index (κ3) is 3.56. The van der Waals surface area contributed by atoms with Crippen LogP contribution in [0.4, 0.5) is 5.82 Å². The van der Waals surface area contributed by atoms with E-state index in [0.29, 0.717) is 17.6 Å². The number of pyridine rings is 1. The van der Waals surface area contributed by atoms with Crippen LogP contribution in [-0.2, 0) is 6.54 Å². The lowest BCUT2D eigenvalue weighted by Gasteiger charge is -2.16. The number of thiazole rings is 1. The van der Waals surface area contributed by atoms with Gasteiger partial charge in [-0.15, -0.1) is 11.3 Å². The van der Waals surface area contributed by atoms with Crippen molar-refractivity contribution < 1.29 is 4.52 Å². The van der Waals surface area contributed by atoms with E-state index in [-0.39, 0.29) is 0 Å². The molecule has 0 aliphatic carbocycles. The zero-order chi connectivity index (χ0) is 16.4. The summed E-state index contributed by atoms with van der Waals surface area (Å²) in [6.45, 7) is 6.84. The average Bonchev–Trinajstić information content (AvgIpc) is 3.16. The molecule has 3 heterocycles. The van der Waals surface area contributed by atoms with Gasteiger partial charge in [0.15, 0.2) is 5.82 Å². The van der Waals surface area contributed by atoms with Crippen molar-refractivity contribution in [2.24, 2.45) is 0 Å². The van der Waals surface area contributed by atoms with Gasteiger partial charge >= 0.3 is 0 Å². The van der Waals surface area contributed by atoms with Crippen molar-refractivity contribution in [3.63, 3.8) is 0 Å². The molecule has 0 radical (unpaired) electrons. The van der Waals surface area contributed by atoms with Gasteiger partial charge in [-0.25, -0.2) is 9.97 Å². The van der Waals surface area contributed by atoms with Crippen molar-refractivity contribution in [3.05, 3.63) is 40.2 Å². The van der Waals surface area contributed by atoms with Crippen molar-refractivity contribution in [2.45, 2.75) is 33.2 Å². The Kier molecular flexibility index (Phi) is 4.38. The molecule has 3 rings (SSSR count).